The summed E-state index contributed by atoms with van der Waals surface area (Å²) in [5.41, 5.74) is 5.83. The second-order valence-electron chi connectivity index (χ2n) is 11.5. The van der Waals surface area contributed by atoms with E-state index in [1.165, 1.54) is 49.7 Å². The molecule has 3 aliphatic carbocycles. The van der Waals surface area contributed by atoms with Gasteiger partial charge in [-0.3, -0.25) is 0 Å². The number of fused-ring (bicyclic) bond motifs is 1. The minimum Gasteiger partial charge on any atom is -0.386 e. The molecule has 0 aliphatic heterocycles. The van der Waals surface area contributed by atoms with Crippen LogP contribution in [0.15, 0.2) is 59.3 Å². The Bertz CT molecular complexity index is 802. The molecule has 3 rings (SSSR count). The van der Waals surface area contributed by atoms with Crippen LogP contribution in [0.25, 0.3) is 0 Å². The highest BCUT2D eigenvalue weighted by Crippen LogP contribution is 2.57. The first kappa shape index (κ1) is 25.3. The Balaban J connectivity index is 1.73. The molecule has 1 N–H and O–H groups in total. The number of aliphatic hydroxyl groups is 1. The molecule has 1 nitrogen and oxygen atoms in total. The van der Waals surface area contributed by atoms with Gasteiger partial charge in [0.15, 0.2) is 0 Å². The van der Waals surface area contributed by atoms with E-state index in [-0.39, 0.29) is 0 Å². The van der Waals surface area contributed by atoms with E-state index in [0.29, 0.717) is 23.2 Å². The second-order valence-corrected chi connectivity index (χ2v) is 11.5. The number of hydrogen-bond donors (Lipinski definition) is 1. The van der Waals surface area contributed by atoms with Crippen molar-refractivity contribution in [2.24, 2.45) is 29.1 Å². The van der Waals surface area contributed by atoms with E-state index in [9.17, 15) is 5.11 Å². The van der Waals surface area contributed by atoms with Crippen LogP contribution in [0.4, 0.5) is 0 Å². The molecule has 178 valence electrons. The largest absolute Gasteiger partial charge is 0.386 e. The molecule has 5 unspecified atom stereocenters. The first-order chi connectivity index (χ1) is 15.1. The molecule has 0 spiro atoms. The third kappa shape index (κ3) is 5.24. The summed E-state index contributed by atoms with van der Waals surface area (Å²) in [6, 6.07) is 0. The zero-order valence-electron chi connectivity index (χ0n) is 21.7. The van der Waals surface area contributed by atoms with Crippen molar-refractivity contribution in [1.82, 2.24) is 0 Å². The molecule has 1 heteroatoms. The van der Waals surface area contributed by atoms with Gasteiger partial charge in [0.2, 0.25) is 0 Å². The van der Waals surface area contributed by atoms with Gasteiger partial charge >= 0.3 is 0 Å². The lowest BCUT2D eigenvalue weighted by Gasteiger charge is -2.42. The van der Waals surface area contributed by atoms with Crippen molar-refractivity contribution in [2.45, 2.75) is 105 Å². The van der Waals surface area contributed by atoms with Gasteiger partial charge < -0.3 is 5.11 Å². The molecule has 2 saturated carbocycles. The minimum atomic E-state index is -0.636. The van der Waals surface area contributed by atoms with E-state index in [2.05, 4.69) is 78.5 Å². The molecule has 0 aromatic rings. The van der Waals surface area contributed by atoms with E-state index in [0.717, 1.165) is 25.2 Å². The third-order valence-electron chi connectivity index (χ3n) is 9.11. The Morgan fingerprint density at radius 3 is 2.66 bits per heavy atom. The summed E-state index contributed by atoms with van der Waals surface area (Å²) in [7, 11) is 0. The number of allylic oxidation sites excluding steroid dienone is 8. The highest BCUT2D eigenvalue weighted by molar-refractivity contribution is 5.39. The van der Waals surface area contributed by atoms with Crippen LogP contribution < -0.4 is 0 Å². The SMILES string of the molecule is C=C1/C(=C\C=C2/CCCC3(C)C(C(C)C/C=C/C(O)(CC)CC)=CCC23)CC(C)CC1C. The molecule has 5 atom stereocenters. The van der Waals surface area contributed by atoms with Crippen LogP contribution >= 0.6 is 0 Å². The van der Waals surface area contributed by atoms with Gasteiger partial charge in [-0.2, -0.15) is 0 Å². The monoisotopic (exact) mass is 436 g/mol. The maximum absolute atomic E-state index is 10.6. The van der Waals surface area contributed by atoms with Gasteiger partial charge in [0.25, 0.3) is 0 Å². The molecule has 0 aromatic heterocycles. The van der Waals surface area contributed by atoms with Crippen LogP contribution in [-0.2, 0) is 0 Å². The molecule has 0 aromatic carbocycles. The zero-order chi connectivity index (χ0) is 23.5. The fraction of sp³-hybridized carbons (Fsp3) is 0.677. The number of rotatable bonds is 7. The molecule has 2 fully saturated rings. The number of hydrogen-bond acceptors (Lipinski definition) is 1. The lowest BCUT2D eigenvalue weighted by Crippen LogP contribution is -2.32. The van der Waals surface area contributed by atoms with Gasteiger partial charge in [-0.15, -0.1) is 0 Å². The summed E-state index contributed by atoms with van der Waals surface area (Å²) in [6.45, 7) is 18.2. The summed E-state index contributed by atoms with van der Waals surface area (Å²) in [6.07, 6.45) is 21.8. The molecule has 32 heavy (non-hydrogen) atoms. The summed E-state index contributed by atoms with van der Waals surface area (Å²) in [5.74, 6) is 2.58. The predicted octanol–water partition coefficient (Wildman–Crippen LogP) is 8.73. The van der Waals surface area contributed by atoms with E-state index < -0.39 is 5.60 Å². The maximum Gasteiger partial charge on any atom is 0.0822 e. The molecule has 0 heterocycles. The predicted molar refractivity (Wildman–Crippen MR) is 139 cm³/mol. The van der Waals surface area contributed by atoms with Crippen LogP contribution in [0, 0.1) is 29.1 Å². The summed E-state index contributed by atoms with van der Waals surface area (Å²) < 4.78 is 0. The second kappa shape index (κ2) is 10.3. The zero-order valence-corrected chi connectivity index (χ0v) is 21.7. The summed E-state index contributed by atoms with van der Waals surface area (Å²) in [5, 5.41) is 10.6. The molecule has 0 bridgehead atoms. The molecule has 3 aliphatic rings. The lowest BCUT2D eigenvalue weighted by molar-refractivity contribution is 0.0824. The quantitative estimate of drug-likeness (QED) is 0.395. The fourth-order valence-corrected chi connectivity index (χ4v) is 6.75. The molecule has 0 radical (unpaired) electrons. The van der Waals surface area contributed by atoms with Crippen molar-refractivity contribution in [3.63, 3.8) is 0 Å². The van der Waals surface area contributed by atoms with Crippen LogP contribution in [0.2, 0.25) is 0 Å². The van der Waals surface area contributed by atoms with E-state index in [1.807, 2.05) is 0 Å². The van der Waals surface area contributed by atoms with Gasteiger partial charge in [-0.05, 0) is 98.0 Å². The Labute approximate surface area is 198 Å². The topological polar surface area (TPSA) is 20.2 Å². The van der Waals surface area contributed by atoms with Crippen molar-refractivity contribution in [3.8, 4) is 0 Å². The van der Waals surface area contributed by atoms with Gasteiger partial charge in [0.1, 0.15) is 0 Å². The van der Waals surface area contributed by atoms with Gasteiger partial charge in [0.05, 0.1) is 5.60 Å². The van der Waals surface area contributed by atoms with Crippen LogP contribution in [0.5, 0.6) is 0 Å². The van der Waals surface area contributed by atoms with Gasteiger partial charge in [-0.1, -0.05) is 89.6 Å². The van der Waals surface area contributed by atoms with Crippen LogP contribution in [0.1, 0.15) is 99.3 Å². The van der Waals surface area contributed by atoms with Gasteiger partial charge in [0, 0.05) is 0 Å². The molecule has 0 amide bonds. The average molecular weight is 437 g/mol. The van der Waals surface area contributed by atoms with Crippen molar-refractivity contribution >= 4 is 0 Å². The summed E-state index contributed by atoms with van der Waals surface area (Å²) >= 11 is 0. The van der Waals surface area contributed by atoms with Crippen molar-refractivity contribution in [3.05, 3.63) is 59.3 Å². The van der Waals surface area contributed by atoms with Crippen molar-refractivity contribution in [2.75, 3.05) is 0 Å². The summed E-state index contributed by atoms with van der Waals surface area (Å²) in [4.78, 5) is 0. The Morgan fingerprint density at radius 2 is 1.97 bits per heavy atom. The smallest absolute Gasteiger partial charge is 0.0822 e. The third-order valence-corrected chi connectivity index (χ3v) is 9.11. The van der Waals surface area contributed by atoms with E-state index in [1.54, 1.807) is 11.1 Å². The van der Waals surface area contributed by atoms with E-state index in [4.69, 9.17) is 0 Å². The average Bonchev–Trinajstić information content (AvgIpc) is 3.12. The standard InChI is InChI=1S/C31H48O/c1-8-31(32,9-2)19-10-12-23(4)28-16-17-29-26(13-11-18-30(28,29)7)14-15-27-21-22(3)20-24(5)25(27)6/h10,14-16,19,22-24,29,32H,6,8-9,11-13,17-18,20-21H2,1-5,7H3/b19-10+,26-14+,27-15-. The molecular weight excluding hydrogens is 388 g/mol. The fourth-order valence-electron chi connectivity index (χ4n) is 6.75. The molecule has 0 saturated heterocycles. The van der Waals surface area contributed by atoms with Crippen molar-refractivity contribution < 1.29 is 5.11 Å². The lowest BCUT2D eigenvalue weighted by atomic mass is 9.62. The molecular formula is C31H48O. The highest BCUT2D eigenvalue weighted by Gasteiger charge is 2.45. The van der Waals surface area contributed by atoms with Gasteiger partial charge in [-0.25, -0.2) is 0 Å². The Morgan fingerprint density at radius 1 is 1.25 bits per heavy atom. The van der Waals surface area contributed by atoms with E-state index >= 15 is 0 Å². The minimum absolute atomic E-state index is 0.297. The van der Waals surface area contributed by atoms with Crippen LogP contribution in [-0.4, -0.2) is 10.7 Å². The maximum atomic E-state index is 10.6. The Kier molecular flexibility index (Phi) is 8.13. The first-order valence-electron chi connectivity index (χ1n) is 13.3. The normalized spacial score (nSPS) is 34.9. The Hall–Kier alpha value is -1.34. The van der Waals surface area contributed by atoms with Crippen molar-refractivity contribution in [1.29, 1.82) is 0 Å². The highest BCUT2D eigenvalue weighted by atomic mass is 16.3. The van der Waals surface area contributed by atoms with Crippen LogP contribution in [0.3, 0.4) is 0 Å². The first-order valence-corrected chi connectivity index (χ1v) is 13.3.